The Bertz CT molecular complexity index is 281. The Morgan fingerprint density at radius 1 is 1.22 bits per heavy atom. The van der Waals surface area contributed by atoms with Gasteiger partial charge in [-0.1, -0.05) is 0 Å². The first-order valence-corrected chi connectivity index (χ1v) is 6.98. The van der Waals surface area contributed by atoms with Gasteiger partial charge in [0.2, 0.25) is 5.91 Å². The van der Waals surface area contributed by atoms with Crippen molar-refractivity contribution in [2.24, 2.45) is 0 Å². The summed E-state index contributed by atoms with van der Waals surface area (Å²) in [5, 5.41) is 3.43. The van der Waals surface area contributed by atoms with E-state index < -0.39 is 0 Å². The number of amides is 1. The molecule has 3 rings (SSSR count). The van der Waals surface area contributed by atoms with E-state index in [0.29, 0.717) is 24.4 Å². The van der Waals surface area contributed by atoms with E-state index in [4.69, 9.17) is 4.74 Å². The number of halogens is 1. The van der Waals surface area contributed by atoms with Crippen LogP contribution in [0.1, 0.15) is 38.5 Å². The Morgan fingerprint density at radius 2 is 2.06 bits per heavy atom. The van der Waals surface area contributed by atoms with Gasteiger partial charge in [0.05, 0.1) is 12.5 Å². The van der Waals surface area contributed by atoms with Gasteiger partial charge >= 0.3 is 0 Å². The number of ether oxygens (including phenoxy) is 1. The highest BCUT2D eigenvalue weighted by molar-refractivity contribution is 5.85. The van der Waals surface area contributed by atoms with Crippen molar-refractivity contribution >= 4 is 18.3 Å². The van der Waals surface area contributed by atoms with Crippen LogP contribution >= 0.6 is 12.4 Å². The molecule has 3 saturated heterocycles. The maximum atomic E-state index is 12.4. The highest BCUT2D eigenvalue weighted by atomic mass is 35.5. The van der Waals surface area contributed by atoms with E-state index in [0.717, 1.165) is 39.0 Å². The largest absolute Gasteiger partial charge is 0.378 e. The number of nitrogens with zero attached hydrogens (tertiary/aromatic N) is 1. The van der Waals surface area contributed by atoms with Gasteiger partial charge in [-0.2, -0.15) is 0 Å². The second-order valence-electron chi connectivity index (χ2n) is 5.52. The first-order valence-electron chi connectivity index (χ1n) is 6.98. The van der Waals surface area contributed by atoms with Gasteiger partial charge in [-0.15, -0.1) is 12.4 Å². The summed E-state index contributed by atoms with van der Waals surface area (Å²) in [4.78, 5) is 14.6. The second kappa shape index (κ2) is 6.22. The van der Waals surface area contributed by atoms with Gasteiger partial charge in [-0.25, -0.2) is 0 Å². The average Bonchev–Trinajstić information content (AvgIpc) is 2.85. The van der Waals surface area contributed by atoms with Crippen LogP contribution in [0.5, 0.6) is 0 Å². The summed E-state index contributed by atoms with van der Waals surface area (Å²) in [6.45, 7) is 2.88. The zero-order chi connectivity index (χ0) is 11.7. The molecule has 1 amide bonds. The number of nitrogens with one attached hydrogen (secondary N) is 1. The zero-order valence-electron chi connectivity index (χ0n) is 10.8. The van der Waals surface area contributed by atoms with E-state index in [-0.39, 0.29) is 18.5 Å². The minimum Gasteiger partial charge on any atom is -0.378 e. The second-order valence-corrected chi connectivity index (χ2v) is 5.52. The highest BCUT2D eigenvalue weighted by Gasteiger charge is 2.38. The number of rotatable bonds is 2. The Kier molecular flexibility index (Phi) is 4.87. The van der Waals surface area contributed by atoms with Gasteiger partial charge in [0.15, 0.2) is 0 Å². The maximum Gasteiger partial charge on any atom is 0.225 e. The molecule has 0 aromatic heterocycles. The smallest absolute Gasteiger partial charge is 0.225 e. The van der Waals surface area contributed by atoms with Gasteiger partial charge in [0, 0.05) is 25.2 Å². The van der Waals surface area contributed by atoms with E-state index in [9.17, 15) is 4.79 Å². The standard InChI is InChI=1S/C13H22N2O2.ClH/c16-13(8-12-2-1-7-17-12)15-10-3-4-11(15)9-14-6-5-10;/h10-12,14H,1-9H2;1H. The minimum absolute atomic E-state index is 0. The average molecular weight is 275 g/mol. The molecule has 3 aliphatic rings. The summed E-state index contributed by atoms with van der Waals surface area (Å²) in [5.74, 6) is 0.327. The molecule has 18 heavy (non-hydrogen) atoms. The molecule has 3 fully saturated rings. The summed E-state index contributed by atoms with van der Waals surface area (Å²) in [6.07, 6.45) is 6.47. The molecular formula is C13H23ClN2O2. The van der Waals surface area contributed by atoms with Crippen LogP contribution in [-0.4, -0.2) is 48.7 Å². The third kappa shape index (κ3) is 2.81. The van der Waals surface area contributed by atoms with Crippen LogP contribution in [-0.2, 0) is 9.53 Å². The molecule has 3 unspecified atom stereocenters. The monoisotopic (exact) mass is 274 g/mol. The quantitative estimate of drug-likeness (QED) is 0.826. The van der Waals surface area contributed by atoms with Crippen molar-refractivity contribution in [2.75, 3.05) is 19.7 Å². The summed E-state index contributed by atoms with van der Waals surface area (Å²) in [5.41, 5.74) is 0. The van der Waals surface area contributed by atoms with Crippen molar-refractivity contribution in [3.05, 3.63) is 0 Å². The molecule has 0 aromatic carbocycles. The predicted molar refractivity (Wildman–Crippen MR) is 72.0 cm³/mol. The fraction of sp³-hybridized carbons (Fsp3) is 0.923. The molecule has 3 aliphatic heterocycles. The lowest BCUT2D eigenvalue weighted by Crippen LogP contribution is -2.43. The van der Waals surface area contributed by atoms with Crippen LogP contribution in [0, 0.1) is 0 Å². The highest BCUT2D eigenvalue weighted by Crippen LogP contribution is 2.29. The van der Waals surface area contributed by atoms with Crippen molar-refractivity contribution < 1.29 is 9.53 Å². The molecule has 3 atom stereocenters. The van der Waals surface area contributed by atoms with Crippen LogP contribution in [0.25, 0.3) is 0 Å². The lowest BCUT2D eigenvalue weighted by molar-refractivity contribution is -0.136. The van der Waals surface area contributed by atoms with E-state index in [1.165, 1.54) is 12.8 Å². The molecule has 104 valence electrons. The van der Waals surface area contributed by atoms with Gasteiger partial charge in [-0.05, 0) is 38.6 Å². The van der Waals surface area contributed by atoms with E-state index in [1.807, 2.05) is 0 Å². The molecule has 3 heterocycles. The van der Waals surface area contributed by atoms with Crippen molar-refractivity contribution in [2.45, 2.75) is 56.7 Å². The zero-order valence-corrected chi connectivity index (χ0v) is 11.6. The Hall–Kier alpha value is -0.320. The first kappa shape index (κ1) is 14.1. The molecule has 1 N–H and O–H groups in total. The Morgan fingerprint density at radius 3 is 2.83 bits per heavy atom. The molecule has 4 nitrogen and oxygen atoms in total. The number of hydrogen-bond acceptors (Lipinski definition) is 3. The van der Waals surface area contributed by atoms with Gasteiger partial charge in [0.25, 0.3) is 0 Å². The molecule has 0 saturated carbocycles. The Balaban J connectivity index is 0.00000120. The topological polar surface area (TPSA) is 41.6 Å². The summed E-state index contributed by atoms with van der Waals surface area (Å²) < 4.78 is 5.57. The van der Waals surface area contributed by atoms with Crippen molar-refractivity contribution in [3.8, 4) is 0 Å². The molecular weight excluding hydrogens is 252 g/mol. The molecule has 2 bridgehead atoms. The molecule has 0 aliphatic carbocycles. The van der Waals surface area contributed by atoms with Crippen LogP contribution < -0.4 is 5.32 Å². The molecule has 0 aromatic rings. The van der Waals surface area contributed by atoms with Crippen LogP contribution in [0.3, 0.4) is 0 Å². The van der Waals surface area contributed by atoms with Crippen molar-refractivity contribution in [1.82, 2.24) is 10.2 Å². The fourth-order valence-electron chi connectivity index (χ4n) is 3.50. The molecule has 0 spiro atoms. The number of carbonyl (C=O) groups excluding carboxylic acids is 1. The third-order valence-electron chi connectivity index (χ3n) is 4.37. The lowest BCUT2D eigenvalue weighted by atomic mass is 10.1. The predicted octanol–water partition coefficient (Wildman–Crippen LogP) is 1.33. The summed E-state index contributed by atoms with van der Waals surface area (Å²) >= 11 is 0. The van der Waals surface area contributed by atoms with E-state index in [1.54, 1.807) is 0 Å². The van der Waals surface area contributed by atoms with Crippen molar-refractivity contribution in [1.29, 1.82) is 0 Å². The SMILES string of the molecule is Cl.O=C(CC1CCCO1)N1C2CCNCC1CC2. The summed E-state index contributed by atoms with van der Waals surface area (Å²) in [7, 11) is 0. The molecule has 0 radical (unpaired) electrons. The van der Waals surface area contributed by atoms with Crippen LogP contribution in [0.4, 0.5) is 0 Å². The minimum atomic E-state index is 0. The third-order valence-corrected chi connectivity index (χ3v) is 4.37. The first-order chi connectivity index (χ1) is 8.34. The normalized spacial score (nSPS) is 35.1. The Labute approximate surface area is 115 Å². The molecule has 5 heteroatoms. The van der Waals surface area contributed by atoms with Crippen LogP contribution in [0.15, 0.2) is 0 Å². The van der Waals surface area contributed by atoms with Crippen LogP contribution in [0.2, 0.25) is 0 Å². The van der Waals surface area contributed by atoms with E-state index in [2.05, 4.69) is 10.2 Å². The fourth-order valence-corrected chi connectivity index (χ4v) is 3.50. The number of carbonyl (C=O) groups is 1. The van der Waals surface area contributed by atoms with Gasteiger partial charge in [-0.3, -0.25) is 4.79 Å². The van der Waals surface area contributed by atoms with Gasteiger partial charge < -0.3 is 15.0 Å². The summed E-state index contributed by atoms with van der Waals surface area (Å²) in [6, 6.07) is 0.931. The van der Waals surface area contributed by atoms with Gasteiger partial charge in [0.1, 0.15) is 0 Å². The number of fused-ring (bicyclic) bond motifs is 2. The number of hydrogen-bond donors (Lipinski definition) is 1. The lowest BCUT2D eigenvalue weighted by Gasteiger charge is -2.28. The van der Waals surface area contributed by atoms with E-state index >= 15 is 0 Å². The van der Waals surface area contributed by atoms with Crippen molar-refractivity contribution in [3.63, 3.8) is 0 Å². The maximum absolute atomic E-state index is 12.4.